The number of furan rings is 1. The van der Waals surface area contributed by atoms with Crippen LogP contribution >= 0.6 is 0 Å². The van der Waals surface area contributed by atoms with Crippen LogP contribution in [0.5, 0.6) is 0 Å². The van der Waals surface area contributed by atoms with Crippen molar-refractivity contribution in [3.63, 3.8) is 0 Å². The van der Waals surface area contributed by atoms with E-state index in [0.717, 1.165) is 31.4 Å². The van der Waals surface area contributed by atoms with Crippen molar-refractivity contribution in [1.29, 1.82) is 0 Å². The van der Waals surface area contributed by atoms with Gasteiger partial charge in [-0.05, 0) is 44.7 Å². The Kier molecular flexibility index (Phi) is 1.97. The Balaban J connectivity index is 1.70. The molecule has 98 valence electrons. The standard InChI is InChI=1S/C15H20O3/c1-9-8-16-11-7-15(3)13(18-15)6-12-14(2,17-12)5-4-10(9)11/h8,12-13H,4-7H2,1-3H3/t12-,13+,14-,15+/m0/s1. The van der Waals surface area contributed by atoms with Crippen molar-refractivity contribution < 1.29 is 13.9 Å². The fourth-order valence-electron chi connectivity index (χ4n) is 3.45. The Bertz CT molecular complexity index is 506. The van der Waals surface area contributed by atoms with Crippen molar-refractivity contribution in [3.05, 3.63) is 23.2 Å². The third kappa shape index (κ3) is 1.50. The first-order chi connectivity index (χ1) is 8.50. The van der Waals surface area contributed by atoms with E-state index in [1.165, 1.54) is 11.1 Å². The van der Waals surface area contributed by atoms with Gasteiger partial charge in [0.25, 0.3) is 0 Å². The molecule has 0 saturated carbocycles. The molecule has 1 aromatic heterocycles. The number of ether oxygens (including phenoxy) is 2. The second-order valence-electron chi connectivity index (χ2n) is 6.57. The van der Waals surface area contributed by atoms with Crippen molar-refractivity contribution in [1.82, 2.24) is 0 Å². The van der Waals surface area contributed by atoms with Crippen LogP contribution in [0, 0.1) is 6.92 Å². The number of hydrogen-bond acceptors (Lipinski definition) is 3. The summed E-state index contributed by atoms with van der Waals surface area (Å²) < 4.78 is 17.5. The maximum atomic E-state index is 5.90. The lowest BCUT2D eigenvalue weighted by atomic mass is 9.88. The molecule has 0 spiro atoms. The van der Waals surface area contributed by atoms with E-state index in [1.54, 1.807) is 0 Å². The maximum absolute atomic E-state index is 5.90. The minimum Gasteiger partial charge on any atom is -0.469 e. The lowest BCUT2D eigenvalue weighted by Gasteiger charge is -2.12. The van der Waals surface area contributed by atoms with Crippen LogP contribution in [-0.4, -0.2) is 23.4 Å². The van der Waals surface area contributed by atoms with Gasteiger partial charge in [0.15, 0.2) is 0 Å². The monoisotopic (exact) mass is 248 g/mol. The van der Waals surface area contributed by atoms with E-state index in [1.807, 2.05) is 6.26 Å². The summed E-state index contributed by atoms with van der Waals surface area (Å²) in [5, 5.41) is 0. The summed E-state index contributed by atoms with van der Waals surface area (Å²) in [7, 11) is 0. The van der Waals surface area contributed by atoms with Crippen LogP contribution in [0.25, 0.3) is 0 Å². The average molecular weight is 248 g/mol. The second kappa shape index (κ2) is 3.20. The molecule has 0 unspecified atom stereocenters. The summed E-state index contributed by atoms with van der Waals surface area (Å²) in [6.45, 7) is 6.56. The van der Waals surface area contributed by atoms with Gasteiger partial charge in [-0.2, -0.15) is 0 Å². The largest absolute Gasteiger partial charge is 0.469 e. The number of fused-ring (bicyclic) bond motifs is 3. The van der Waals surface area contributed by atoms with Crippen molar-refractivity contribution in [2.45, 2.75) is 69.9 Å². The Morgan fingerprint density at radius 1 is 1.17 bits per heavy atom. The molecule has 1 aliphatic carbocycles. The van der Waals surface area contributed by atoms with Gasteiger partial charge in [-0.3, -0.25) is 0 Å². The van der Waals surface area contributed by atoms with Gasteiger partial charge in [0.2, 0.25) is 0 Å². The van der Waals surface area contributed by atoms with E-state index in [-0.39, 0.29) is 11.2 Å². The minimum absolute atomic E-state index is 0.0246. The molecule has 0 amide bonds. The lowest BCUT2D eigenvalue weighted by Crippen LogP contribution is -2.20. The highest BCUT2D eigenvalue weighted by molar-refractivity contribution is 5.30. The zero-order valence-electron chi connectivity index (χ0n) is 11.3. The van der Waals surface area contributed by atoms with Crippen LogP contribution in [0.4, 0.5) is 0 Å². The Morgan fingerprint density at radius 3 is 2.72 bits per heavy atom. The zero-order valence-corrected chi connectivity index (χ0v) is 11.3. The molecule has 3 nitrogen and oxygen atoms in total. The minimum atomic E-state index is -0.0246. The molecule has 3 heterocycles. The van der Waals surface area contributed by atoms with Gasteiger partial charge in [0.1, 0.15) is 5.76 Å². The molecule has 0 N–H and O–H groups in total. The molecular weight excluding hydrogens is 228 g/mol. The molecule has 3 heteroatoms. The highest BCUT2D eigenvalue weighted by atomic mass is 16.6. The summed E-state index contributed by atoms with van der Waals surface area (Å²) >= 11 is 0. The van der Waals surface area contributed by atoms with Gasteiger partial charge in [0.05, 0.1) is 29.7 Å². The summed E-state index contributed by atoms with van der Waals surface area (Å²) in [6, 6.07) is 0. The first-order valence-electron chi connectivity index (χ1n) is 6.92. The van der Waals surface area contributed by atoms with Crippen LogP contribution < -0.4 is 0 Å². The van der Waals surface area contributed by atoms with E-state index in [2.05, 4.69) is 20.8 Å². The third-order valence-electron chi connectivity index (χ3n) is 5.07. The summed E-state index contributed by atoms with van der Waals surface area (Å²) in [5.41, 5.74) is 2.70. The topological polar surface area (TPSA) is 38.2 Å². The molecule has 2 aliphatic heterocycles. The lowest BCUT2D eigenvalue weighted by molar-refractivity contribution is 0.274. The second-order valence-corrected chi connectivity index (χ2v) is 6.57. The number of rotatable bonds is 0. The molecule has 0 radical (unpaired) electrons. The number of hydrogen-bond donors (Lipinski definition) is 0. The zero-order chi connectivity index (χ0) is 12.5. The van der Waals surface area contributed by atoms with Crippen molar-refractivity contribution in [2.24, 2.45) is 0 Å². The maximum Gasteiger partial charge on any atom is 0.110 e. The smallest absolute Gasteiger partial charge is 0.110 e. The van der Waals surface area contributed by atoms with Crippen molar-refractivity contribution in [2.75, 3.05) is 0 Å². The van der Waals surface area contributed by atoms with Gasteiger partial charge in [-0.25, -0.2) is 0 Å². The molecule has 18 heavy (non-hydrogen) atoms. The molecule has 2 saturated heterocycles. The third-order valence-corrected chi connectivity index (χ3v) is 5.07. The Morgan fingerprint density at radius 2 is 1.89 bits per heavy atom. The van der Waals surface area contributed by atoms with E-state index in [9.17, 15) is 0 Å². The van der Waals surface area contributed by atoms with Gasteiger partial charge in [0, 0.05) is 12.8 Å². The summed E-state index contributed by atoms with van der Waals surface area (Å²) in [6.07, 6.45) is 6.74. The fraction of sp³-hybridized carbons (Fsp3) is 0.733. The van der Waals surface area contributed by atoms with Crippen molar-refractivity contribution >= 4 is 0 Å². The molecule has 4 rings (SSSR count). The van der Waals surface area contributed by atoms with E-state index in [4.69, 9.17) is 13.9 Å². The molecule has 0 bridgehead atoms. The van der Waals surface area contributed by atoms with E-state index < -0.39 is 0 Å². The van der Waals surface area contributed by atoms with Crippen LogP contribution in [0.3, 0.4) is 0 Å². The van der Waals surface area contributed by atoms with Gasteiger partial charge in [-0.15, -0.1) is 0 Å². The Labute approximate surface area is 107 Å². The van der Waals surface area contributed by atoms with Crippen LogP contribution in [0.2, 0.25) is 0 Å². The SMILES string of the molecule is Cc1coc2c1CC[C@]1(C)O[C@H]1C[C@H]1O[C@]1(C)C2. The average Bonchev–Trinajstić information content (AvgIpc) is 3.09. The normalized spacial score (nSPS) is 45.7. The molecule has 0 aromatic carbocycles. The number of epoxide rings is 2. The van der Waals surface area contributed by atoms with Crippen LogP contribution in [-0.2, 0) is 22.3 Å². The van der Waals surface area contributed by atoms with Crippen LogP contribution in [0.1, 0.15) is 43.6 Å². The highest BCUT2D eigenvalue weighted by Crippen LogP contribution is 2.51. The predicted molar refractivity (Wildman–Crippen MR) is 66.6 cm³/mol. The van der Waals surface area contributed by atoms with Gasteiger partial charge >= 0.3 is 0 Å². The molecular formula is C15H20O3. The van der Waals surface area contributed by atoms with Gasteiger partial charge < -0.3 is 13.9 Å². The highest BCUT2D eigenvalue weighted by Gasteiger charge is 2.61. The fourth-order valence-corrected chi connectivity index (χ4v) is 3.45. The van der Waals surface area contributed by atoms with Gasteiger partial charge in [-0.1, -0.05) is 0 Å². The molecule has 2 fully saturated rings. The van der Waals surface area contributed by atoms with E-state index in [0.29, 0.717) is 12.2 Å². The van der Waals surface area contributed by atoms with E-state index >= 15 is 0 Å². The first-order valence-corrected chi connectivity index (χ1v) is 6.92. The quantitative estimate of drug-likeness (QED) is 0.663. The molecule has 1 aromatic rings. The van der Waals surface area contributed by atoms with Crippen molar-refractivity contribution in [3.8, 4) is 0 Å². The molecule has 4 atom stereocenters. The summed E-state index contributed by atoms with van der Waals surface area (Å²) in [5.74, 6) is 1.13. The Hall–Kier alpha value is -0.800. The first kappa shape index (κ1) is 11.1. The van der Waals surface area contributed by atoms with Crippen LogP contribution in [0.15, 0.2) is 10.7 Å². The number of aryl methyl sites for hydroxylation is 1. The molecule has 3 aliphatic rings. The summed E-state index contributed by atoms with van der Waals surface area (Å²) in [4.78, 5) is 0. The predicted octanol–water partition coefficient (Wildman–Crippen LogP) is 2.78.